The number of likely N-dealkylation sites (tertiary alicyclic amines) is 1. The molecule has 0 radical (unpaired) electrons. The Morgan fingerprint density at radius 2 is 1.88 bits per heavy atom. The molecule has 1 saturated heterocycles. The van der Waals surface area contributed by atoms with Gasteiger partial charge in [0.1, 0.15) is 5.69 Å². The number of rotatable bonds is 4. The second-order valence-electron chi connectivity index (χ2n) is 5.77. The van der Waals surface area contributed by atoms with Gasteiger partial charge in [0.2, 0.25) is 5.91 Å². The number of hydrogen-bond acceptors (Lipinski definition) is 4. The molecule has 6 nitrogen and oxygen atoms in total. The standard InChI is InChI=1S/C17H20N4O2S/c1-24-17-19-11-14(21(17)13-5-3-2-4-6-13)16(23)20-9-7-12(8-10-20)15(18)22/h2-6,11-12H,7-10H2,1H3,(H2,18,22). The van der Waals surface area contributed by atoms with Gasteiger partial charge in [0, 0.05) is 24.7 Å². The van der Waals surface area contributed by atoms with Crippen molar-refractivity contribution in [3.05, 3.63) is 42.2 Å². The van der Waals surface area contributed by atoms with Crippen LogP contribution in [0.3, 0.4) is 0 Å². The molecule has 0 atom stereocenters. The predicted octanol–water partition coefficient (Wildman–Crippen LogP) is 1.93. The van der Waals surface area contributed by atoms with Crippen LogP contribution in [0, 0.1) is 5.92 Å². The van der Waals surface area contributed by atoms with Crippen LogP contribution in [0.4, 0.5) is 0 Å². The molecule has 2 N–H and O–H groups in total. The smallest absolute Gasteiger partial charge is 0.272 e. The van der Waals surface area contributed by atoms with E-state index in [-0.39, 0.29) is 17.7 Å². The monoisotopic (exact) mass is 344 g/mol. The van der Waals surface area contributed by atoms with E-state index in [9.17, 15) is 9.59 Å². The minimum absolute atomic E-state index is 0.0606. The number of carbonyl (C=O) groups is 2. The number of thioether (sulfide) groups is 1. The minimum Gasteiger partial charge on any atom is -0.369 e. The number of nitrogens with two attached hydrogens (primary N) is 1. The molecule has 0 bridgehead atoms. The van der Waals surface area contributed by atoms with Crippen LogP contribution in [0.25, 0.3) is 5.69 Å². The summed E-state index contributed by atoms with van der Waals surface area (Å²) in [6, 6.07) is 9.72. The Morgan fingerprint density at radius 1 is 1.21 bits per heavy atom. The summed E-state index contributed by atoms with van der Waals surface area (Å²) < 4.78 is 1.88. The van der Waals surface area contributed by atoms with Crippen molar-refractivity contribution in [1.82, 2.24) is 14.5 Å². The number of piperidine rings is 1. The van der Waals surface area contributed by atoms with Crippen LogP contribution in [0.15, 0.2) is 41.7 Å². The Hall–Kier alpha value is -2.28. The number of benzene rings is 1. The van der Waals surface area contributed by atoms with Crippen molar-refractivity contribution in [2.45, 2.75) is 18.0 Å². The van der Waals surface area contributed by atoms with Gasteiger partial charge in [0.05, 0.1) is 6.20 Å². The van der Waals surface area contributed by atoms with Crippen molar-refractivity contribution in [2.75, 3.05) is 19.3 Å². The molecule has 1 fully saturated rings. The first kappa shape index (κ1) is 16.6. The summed E-state index contributed by atoms with van der Waals surface area (Å²) in [5.41, 5.74) is 6.82. The van der Waals surface area contributed by atoms with Crippen LogP contribution in [0.5, 0.6) is 0 Å². The zero-order valence-electron chi connectivity index (χ0n) is 13.5. The molecular formula is C17H20N4O2S. The molecule has 126 valence electrons. The van der Waals surface area contributed by atoms with Crippen LogP contribution in [0.1, 0.15) is 23.3 Å². The lowest BCUT2D eigenvalue weighted by Gasteiger charge is -2.30. The third kappa shape index (κ3) is 3.17. The maximum atomic E-state index is 12.9. The minimum atomic E-state index is -0.277. The highest BCUT2D eigenvalue weighted by Crippen LogP contribution is 2.24. The SMILES string of the molecule is CSc1ncc(C(=O)N2CCC(C(N)=O)CC2)n1-c1ccccc1. The molecule has 1 aromatic carbocycles. The van der Waals surface area contributed by atoms with Gasteiger partial charge >= 0.3 is 0 Å². The van der Waals surface area contributed by atoms with E-state index in [0.717, 1.165) is 10.8 Å². The van der Waals surface area contributed by atoms with Gasteiger partial charge in [0.25, 0.3) is 5.91 Å². The number of amides is 2. The largest absolute Gasteiger partial charge is 0.369 e. The number of carbonyl (C=O) groups excluding carboxylic acids is 2. The average Bonchev–Trinajstić information content (AvgIpc) is 3.06. The van der Waals surface area contributed by atoms with Gasteiger partial charge in [-0.25, -0.2) is 4.98 Å². The Kier molecular flexibility index (Phi) is 4.89. The molecule has 1 aliphatic heterocycles. The zero-order chi connectivity index (χ0) is 17.1. The second kappa shape index (κ2) is 7.09. The maximum Gasteiger partial charge on any atom is 0.272 e. The highest BCUT2D eigenvalue weighted by molar-refractivity contribution is 7.98. The van der Waals surface area contributed by atoms with Crippen LogP contribution >= 0.6 is 11.8 Å². The number of aromatic nitrogens is 2. The summed E-state index contributed by atoms with van der Waals surface area (Å²) in [6.45, 7) is 1.09. The first-order valence-electron chi connectivity index (χ1n) is 7.87. The number of para-hydroxylation sites is 1. The molecule has 7 heteroatoms. The quantitative estimate of drug-likeness (QED) is 0.860. The van der Waals surface area contributed by atoms with Gasteiger partial charge in [0.15, 0.2) is 5.16 Å². The van der Waals surface area contributed by atoms with Gasteiger partial charge in [-0.1, -0.05) is 30.0 Å². The van der Waals surface area contributed by atoms with Crippen molar-refractivity contribution in [3.8, 4) is 5.69 Å². The second-order valence-corrected chi connectivity index (χ2v) is 6.54. The summed E-state index contributed by atoms with van der Waals surface area (Å²) in [5, 5.41) is 0.775. The number of imidazole rings is 1. The van der Waals surface area contributed by atoms with Gasteiger partial charge in [-0.2, -0.15) is 0 Å². The zero-order valence-corrected chi connectivity index (χ0v) is 14.3. The molecule has 0 unspecified atom stereocenters. The molecule has 2 amide bonds. The fourth-order valence-electron chi connectivity index (χ4n) is 2.99. The number of nitrogens with zero attached hydrogens (tertiary/aromatic N) is 3. The summed E-state index contributed by atoms with van der Waals surface area (Å²) in [7, 11) is 0. The van der Waals surface area contributed by atoms with Crippen molar-refractivity contribution in [2.24, 2.45) is 11.7 Å². The predicted molar refractivity (Wildman–Crippen MR) is 93.2 cm³/mol. The maximum absolute atomic E-state index is 12.9. The lowest BCUT2D eigenvalue weighted by Crippen LogP contribution is -2.42. The molecule has 0 saturated carbocycles. The molecule has 24 heavy (non-hydrogen) atoms. The van der Waals surface area contributed by atoms with Crippen molar-refractivity contribution in [1.29, 1.82) is 0 Å². The summed E-state index contributed by atoms with van der Waals surface area (Å²) in [5.74, 6) is -0.467. The van der Waals surface area contributed by atoms with Gasteiger partial charge in [-0.3, -0.25) is 14.2 Å². The number of hydrogen-bond donors (Lipinski definition) is 1. The molecule has 0 spiro atoms. The van der Waals surface area contributed by atoms with E-state index in [1.54, 1.807) is 11.1 Å². The van der Waals surface area contributed by atoms with Crippen LogP contribution in [-0.4, -0.2) is 45.6 Å². The summed E-state index contributed by atoms with van der Waals surface area (Å²) in [4.78, 5) is 30.4. The van der Waals surface area contributed by atoms with Crippen molar-refractivity contribution < 1.29 is 9.59 Å². The molecule has 2 heterocycles. The van der Waals surface area contributed by atoms with Crippen LogP contribution in [-0.2, 0) is 4.79 Å². The lowest BCUT2D eigenvalue weighted by molar-refractivity contribution is -0.123. The molecular weight excluding hydrogens is 324 g/mol. The van der Waals surface area contributed by atoms with Crippen molar-refractivity contribution >= 4 is 23.6 Å². The first-order valence-corrected chi connectivity index (χ1v) is 9.10. The van der Waals surface area contributed by atoms with Crippen LogP contribution < -0.4 is 5.73 Å². The van der Waals surface area contributed by atoms with Gasteiger partial charge < -0.3 is 10.6 Å². The number of primary amides is 1. The van der Waals surface area contributed by atoms with E-state index >= 15 is 0 Å². The molecule has 2 aromatic rings. The van der Waals surface area contributed by atoms with E-state index in [0.29, 0.717) is 31.6 Å². The molecule has 0 aliphatic carbocycles. The summed E-state index contributed by atoms with van der Waals surface area (Å²) in [6.07, 6.45) is 4.81. The van der Waals surface area contributed by atoms with Crippen LogP contribution in [0.2, 0.25) is 0 Å². The highest BCUT2D eigenvalue weighted by atomic mass is 32.2. The van der Waals surface area contributed by atoms with E-state index in [1.165, 1.54) is 11.8 Å². The van der Waals surface area contributed by atoms with E-state index in [4.69, 9.17) is 5.73 Å². The van der Waals surface area contributed by atoms with Gasteiger partial charge in [-0.15, -0.1) is 0 Å². The first-order chi connectivity index (χ1) is 11.6. The van der Waals surface area contributed by atoms with E-state index in [2.05, 4.69) is 4.98 Å². The average molecular weight is 344 g/mol. The Labute approximate surface area is 145 Å². The fourth-order valence-corrected chi connectivity index (χ4v) is 3.53. The van der Waals surface area contributed by atoms with Gasteiger partial charge in [-0.05, 0) is 31.2 Å². The summed E-state index contributed by atoms with van der Waals surface area (Å²) >= 11 is 1.50. The fraction of sp³-hybridized carbons (Fsp3) is 0.353. The lowest BCUT2D eigenvalue weighted by atomic mass is 9.96. The van der Waals surface area contributed by atoms with E-state index < -0.39 is 0 Å². The normalized spacial score (nSPS) is 15.5. The van der Waals surface area contributed by atoms with E-state index in [1.807, 2.05) is 41.2 Å². The molecule has 1 aromatic heterocycles. The molecule has 1 aliphatic rings. The highest BCUT2D eigenvalue weighted by Gasteiger charge is 2.28. The Bertz CT molecular complexity index is 736. The third-order valence-corrected chi connectivity index (χ3v) is 4.98. The third-order valence-electron chi connectivity index (χ3n) is 4.33. The van der Waals surface area contributed by atoms with Crippen molar-refractivity contribution in [3.63, 3.8) is 0 Å². The molecule has 3 rings (SSSR count). The topological polar surface area (TPSA) is 81.2 Å². The Morgan fingerprint density at radius 3 is 2.46 bits per heavy atom. The Balaban J connectivity index is 1.86.